The molecule has 0 bridgehead atoms. The maximum Gasteiger partial charge on any atom is 0.237 e. The van der Waals surface area contributed by atoms with Crippen molar-refractivity contribution in [3.63, 3.8) is 0 Å². The maximum atomic E-state index is 13.6. The quantitative estimate of drug-likeness (QED) is 0.676. The van der Waals surface area contributed by atoms with Crippen molar-refractivity contribution in [3.8, 4) is 0 Å². The van der Waals surface area contributed by atoms with Crippen LogP contribution in [-0.4, -0.2) is 31.4 Å². The van der Waals surface area contributed by atoms with E-state index in [1.165, 1.54) is 10.9 Å². The van der Waals surface area contributed by atoms with E-state index in [2.05, 4.69) is 20.8 Å². The van der Waals surface area contributed by atoms with Gasteiger partial charge in [-0.1, -0.05) is 11.8 Å². The van der Waals surface area contributed by atoms with Gasteiger partial charge in [0.15, 0.2) is 0 Å². The third-order valence-corrected chi connectivity index (χ3v) is 4.29. The Bertz CT molecular complexity index is 869. The molecule has 3 aromatic rings. The second-order valence-corrected chi connectivity index (χ2v) is 6.38. The number of benzene rings is 1. The van der Waals surface area contributed by atoms with Gasteiger partial charge in [-0.15, -0.1) is 5.10 Å². The summed E-state index contributed by atoms with van der Waals surface area (Å²) in [4.78, 5) is 12.2. The van der Waals surface area contributed by atoms with Crippen LogP contribution in [0.15, 0.2) is 46.2 Å². The highest BCUT2D eigenvalue weighted by Crippen LogP contribution is 2.23. The normalized spacial score (nSPS) is 12.1. The van der Waals surface area contributed by atoms with Gasteiger partial charge in [0, 0.05) is 6.07 Å². The molecule has 10 heteroatoms. The lowest BCUT2D eigenvalue weighted by atomic mass is 10.3. The molecule has 3 rings (SSSR count). The fourth-order valence-corrected chi connectivity index (χ4v) is 2.76. The van der Waals surface area contributed by atoms with Gasteiger partial charge in [-0.3, -0.25) is 4.79 Å². The zero-order valence-electron chi connectivity index (χ0n) is 13.0. The third-order valence-electron chi connectivity index (χ3n) is 3.22. The molecule has 25 heavy (non-hydrogen) atoms. The van der Waals surface area contributed by atoms with Crippen molar-refractivity contribution in [1.82, 2.24) is 20.2 Å². The molecule has 0 aliphatic rings. The summed E-state index contributed by atoms with van der Waals surface area (Å²) in [6, 6.07) is 6.37. The van der Waals surface area contributed by atoms with Crippen LogP contribution in [0.5, 0.6) is 0 Å². The largest absolute Gasteiger partial charge is 0.467 e. The first-order valence-electron chi connectivity index (χ1n) is 7.24. The van der Waals surface area contributed by atoms with E-state index in [0.29, 0.717) is 17.5 Å². The highest BCUT2D eigenvalue weighted by molar-refractivity contribution is 8.00. The molecule has 0 aliphatic carbocycles. The molecule has 1 N–H and O–H groups in total. The van der Waals surface area contributed by atoms with Gasteiger partial charge >= 0.3 is 0 Å². The minimum absolute atomic E-state index is 0.215. The minimum atomic E-state index is -0.713. The van der Waals surface area contributed by atoms with Gasteiger partial charge in [0.25, 0.3) is 0 Å². The van der Waals surface area contributed by atoms with Crippen LogP contribution in [0.3, 0.4) is 0 Å². The average Bonchev–Trinajstić information content (AvgIpc) is 3.24. The summed E-state index contributed by atoms with van der Waals surface area (Å²) < 4.78 is 33.5. The third kappa shape index (κ3) is 4.21. The smallest absolute Gasteiger partial charge is 0.237 e. The number of tetrazole rings is 1. The van der Waals surface area contributed by atoms with Gasteiger partial charge in [0.2, 0.25) is 11.1 Å². The van der Waals surface area contributed by atoms with E-state index in [4.69, 9.17) is 4.42 Å². The number of carbonyl (C=O) groups excluding carboxylic acids is 1. The first kappa shape index (κ1) is 17.1. The van der Waals surface area contributed by atoms with Gasteiger partial charge in [0.05, 0.1) is 17.2 Å². The highest BCUT2D eigenvalue weighted by Gasteiger charge is 2.20. The van der Waals surface area contributed by atoms with E-state index in [1.807, 2.05) is 0 Å². The molecule has 1 aromatic carbocycles. The van der Waals surface area contributed by atoms with E-state index in [1.54, 1.807) is 19.1 Å². The van der Waals surface area contributed by atoms with E-state index < -0.39 is 22.8 Å². The van der Waals surface area contributed by atoms with Crippen LogP contribution in [0.2, 0.25) is 0 Å². The second-order valence-electron chi connectivity index (χ2n) is 5.07. The standard InChI is InChI=1S/C15H13F2N5O2S/c1-9(14(23)18-13-7-10(16)4-5-12(13)17)25-15-19-20-21-22(15)8-11-3-2-6-24-11/h2-7,9H,8H2,1H3,(H,18,23). The Morgan fingerprint density at radius 3 is 3.00 bits per heavy atom. The molecule has 0 radical (unpaired) electrons. The summed E-state index contributed by atoms with van der Waals surface area (Å²) in [5.41, 5.74) is -0.215. The number of halogens is 2. The topological polar surface area (TPSA) is 85.8 Å². The minimum Gasteiger partial charge on any atom is -0.467 e. The lowest BCUT2D eigenvalue weighted by molar-refractivity contribution is -0.115. The fraction of sp³-hybridized carbons (Fsp3) is 0.200. The number of nitrogens with one attached hydrogen (secondary N) is 1. The highest BCUT2D eigenvalue weighted by atomic mass is 32.2. The van der Waals surface area contributed by atoms with Crippen LogP contribution in [0.1, 0.15) is 12.7 Å². The Labute approximate surface area is 145 Å². The molecule has 0 fully saturated rings. The van der Waals surface area contributed by atoms with Crippen molar-refractivity contribution < 1.29 is 18.0 Å². The number of amides is 1. The fourth-order valence-electron chi connectivity index (χ4n) is 1.97. The number of rotatable bonds is 6. The van der Waals surface area contributed by atoms with Crippen molar-refractivity contribution in [2.75, 3.05) is 5.32 Å². The molecule has 0 spiro atoms. The van der Waals surface area contributed by atoms with Crippen molar-refractivity contribution in [2.24, 2.45) is 0 Å². The van der Waals surface area contributed by atoms with E-state index in [9.17, 15) is 13.6 Å². The van der Waals surface area contributed by atoms with Gasteiger partial charge in [-0.2, -0.15) is 0 Å². The SMILES string of the molecule is CC(Sc1nnnn1Cc1ccco1)C(=O)Nc1cc(F)ccc1F. The lowest BCUT2D eigenvalue weighted by Gasteiger charge is -2.12. The Kier molecular flexibility index (Phi) is 5.08. The van der Waals surface area contributed by atoms with Crippen LogP contribution in [0, 0.1) is 11.6 Å². The van der Waals surface area contributed by atoms with Crippen molar-refractivity contribution in [3.05, 3.63) is 54.0 Å². The molecule has 0 saturated heterocycles. The first-order chi connectivity index (χ1) is 12.0. The lowest BCUT2D eigenvalue weighted by Crippen LogP contribution is -2.23. The summed E-state index contributed by atoms with van der Waals surface area (Å²) in [6.45, 7) is 1.93. The molecule has 7 nitrogen and oxygen atoms in total. The van der Waals surface area contributed by atoms with E-state index in [-0.39, 0.29) is 5.69 Å². The van der Waals surface area contributed by atoms with Crippen molar-refractivity contribution in [2.45, 2.75) is 23.9 Å². The summed E-state index contributed by atoms with van der Waals surface area (Å²) in [5, 5.41) is 13.4. The predicted molar refractivity (Wildman–Crippen MR) is 85.9 cm³/mol. The Morgan fingerprint density at radius 2 is 2.24 bits per heavy atom. The van der Waals surface area contributed by atoms with Crippen molar-refractivity contribution in [1.29, 1.82) is 0 Å². The second kappa shape index (κ2) is 7.43. The van der Waals surface area contributed by atoms with Crippen molar-refractivity contribution >= 4 is 23.4 Å². The first-order valence-corrected chi connectivity index (χ1v) is 8.12. The molecule has 1 amide bonds. The summed E-state index contributed by atoms with van der Waals surface area (Å²) >= 11 is 1.09. The maximum absolute atomic E-state index is 13.6. The number of aromatic nitrogens is 4. The number of furan rings is 1. The Balaban J connectivity index is 1.66. The molecule has 0 aliphatic heterocycles. The average molecular weight is 365 g/mol. The Morgan fingerprint density at radius 1 is 1.40 bits per heavy atom. The molecule has 0 saturated carbocycles. The molecular weight excluding hydrogens is 352 g/mol. The molecule has 1 atom stereocenters. The molecule has 1 unspecified atom stereocenters. The van der Waals surface area contributed by atoms with E-state index in [0.717, 1.165) is 30.0 Å². The van der Waals surface area contributed by atoms with Gasteiger partial charge in [0.1, 0.15) is 23.9 Å². The van der Waals surface area contributed by atoms with Crippen LogP contribution in [0.25, 0.3) is 0 Å². The van der Waals surface area contributed by atoms with Gasteiger partial charge in [-0.05, 0) is 41.6 Å². The molecule has 2 aromatic heterocycles. The number of anilines is 1. The summed E-state index contributed by atoms with van der Waals surface area (Å²) in [7, 11) is 0. The van der Waals surface area contributed by atoms with Crippen LogP contribution >= 0.6 is 11.8 Å². The van der Waals surface area contributed by atoms with Gasteiger partial charge in [-0.25, -0.2) is 13.5 Å². The van der Waals surface area contributed by atoms with Crippen LogP contribution in [-0.2, 0) is 11.3 Å². The van der Waals surface area contributed by atoms with Gasteiger partial charge < -0.3 is 9.73 Å². The number of hydrogen-bond donors (Lipinski definition) is 1. The number of carbonyl (C=O) groups is 1. The monoisotopic (exact) mass is 365 g/mol. The zero-order valence-corrected chi connectivity index (χ0v) is 13.8. The molecule has 2 heterocycles. The van der Waals surface area contributed by atoms with Crippen LogP contribution < -0.4 is 5.32 Å². The predicted octanol–water partition coefficient (Wildman–Crippen LogP) is 2.71. The zero-order chi connectivity index (χ0) is 17.8. The van der Waals surface area contributed by atoms with Crippen LogP contribution in [0.4, 0.5) is 14.5 Å². The van der Waals surface area contributed by atoms with E-state index >= 15 is 0 Å². The molecular formula is C15H13F2N5O2S. The number of nitrogens with zero attached hydrogens (tertiary/aromatic N) is 4. The number of hydrogen-bond acceptors (Lipinski definition) is 6. The summed E-state index contributed by atoms with van der Waals surface area (Å²) in [6.07, 6.45) is 1.54. The Hall–Kier alpha value is -2.75. The number of thioether (sulfide) groups is 1. The molecule has 130 valence electrons. The summed E-state index contributed by atoms with van der Waals surface area (Å²) in [5.74, 6) is -1.19.